The predicted octanol–water partition coefficient (Wildman–Crippen LogP) is 19.1. The van der Waals surface area contributed by atoms with E-state index >= 15 is 0 Å². The summed E-state index contributed by atoms with van der Waals surface area (Å²) in [5.41, 5.74) is 22.1. The molecule has 0 heterocycles. The summed E-state index contributed by atoms with van der Waals surface area (Å²) in [5, 5.41) is 0. The Morgan fingerprint density at radius 2 is 0.486 bits per heavy atom. The number of hydrogen-bond acceptors (Lipinski definition) is 2. The molecule has 0 aromatic heterocycles. The summed E-state index contributed by atoms with van der Waals surface area (Å²) in [6.45, 7) is 32.6. The molecule has 0 spiro atoms. The molecule has 2 atom stereocenters. The molecule has 70 heavy (non-hydrogen) atoms. The van der Waals surface area contributed by atoms with Crippen LogP contribution in [0.3, 0.4) is 0 Å². The van der Waals surface area contributed by atoms with Crippen LogP contribution in [0.15, 0.2) is 182 Å². The van der Waals surface area contributed by atoms with E-state index in [0.29, 0.717) is 0 Å². The number of hydrogen-bond donors (Lipinski definition) is 0. The lowest BCUT2D eigenvalue weighted by Gasteiger charge is -2.45. The first-order chi connectivity index (χ1) is 33.0. The normalized spacial score (nSPS) is 17.4. The average molecular weight is 917 g/mol. The molecule has 0 radical (unpaired) electrons. The van der Waals surface area contributed by atoms with Crippen LogP contribution in [0.5, 0.6) is 0 Å². The topological polar surface area (TPSA) is 6.48 Å². The number of fused-ring (bicyclic) bond motifs is 6. The van der Waals surface area contributed by atoms with Gasteiger partial charge in [-0.05, 0) is 161 Å². The van der Waals surface area contributed by atoms with Gasteiger partial charge in [0.05, 0.1) is 0 Å². The van der Waals surface area contributed by atoms with Crippen molar-refractivity contribution in [2.45, 2.75) is 129 Å². The molecule has 354 valence electrons. The molecule has 2 nitrogen and oxygen atoms in total. The molecule has 2 aliphatic rings. The van der Waals surface area contributed by atoms with Gasteiger partial charge < -0.3 is 9.80 Å². The van der Waals surface area contributed by atoms with Crippen LogP contribution in [-0.2, 0) is 32.5 Å². The Hall–Kier alpha value is -6.64. The molecule has 0 fully saturated rings. The van der Waals surface area contributed by atoms with E-state index in [0.717, 1.165) is 34.1 Å². The summed E-state index contributed by atoms with van der Waals surface area (Å²) in [4.78, 5) is 4.93. The van der Waals surface area contributed by atoms with Gasteiger partial charge in [-0.1, -0.05) is 206 Å². The van der Waals surface area contributed by atoms with E-state index in [2.05, 4.69) is 289 Å². The van der Waals surface area contributed by atoms with Gasteiger partial charge in [-0.25, -0.2) is 0 Å². The lowest BCUT2D eigenvalue weighted by molar-refractivity contribution is 0.376. The highest BCUT2D eigenvalue weighted by molar-refractivity contribution is 5.92. The van der Waals surface area contributed by atoms with Crippen molar-refractivity contribution in [2.75, 3.05) is 9.80 Å². The summed E-state index contributed by atoms with van der Waals surface area (Å²) in [6.07, 6.45) is 0. The maximum Gasteiger partial charge on any atom is 0.0465 e. The SMILES string of the molecule is CC(C)(C)c1ccc(N(c2ccc(C(C)(C)C)cc2)c2ccc3c(c2)C(C)(C2(C)c4ccccc4-c4ccc(N(c5ccc(C(C)(C)C)cc5)c5ccc(C(C)(C)C)cc5)cc42)c2ccccc2-3)cc1. The van der Waals surface area contributed by atoms with Crippen LogP contribution in [0.1, 0.15) is 141 Å². The van der Waals surface area contributed by atoms with E-state index in [-0.39, 0.29) is 21.7 Å². The van der Waals surface area contributed by atoms with Gasteiger partial charge in [-0.3, -0.25) is 0 Å². The molecule has 2 unspecified atom stereocenters. The van der Waals surface area contributed by atoms with Gasteiger partial charge >= 0.3 is 0 Å². The third-order valence-electron chi connectivity index (χ3n) is 16.1. The first-order valence-electron chi connectivity index (χ1n) is 25.5. The largest absolute Gasteiger partial charge is 0.310 e. The third-order valence-corrected chi connectivity index (χ3v) is 16.1. The van der Waals surface area contributed by atoms with Gasteiger partial charge in [0.25, 0.3) is 0 Å². The van der Waals surface area contributed by atoms with E-state index in [1.807, 2.05) is 0 Å². The monoisotopic (exact) mass is 917 g/mol. The number of anilines is 6. The van der Waals surface area contributed by atoms with E-state index in [1.165, 1.54) is 66.8 Å². The minimum absolute atomic E-state index is 0.0485. The van der Waals surface area contributed by atoms with E-state index in [1.54, 1.807) is 0 Å². The van der Waals surface area contributed by atoms with Crippen LogP contribution in [0.2, 0.25) is 0 Å². The number of nitrogens with zero attached hydrogens (tertiary/aromatic N) is 2. The molecule has 2 heteroatoms. The van der Waals surface area contributed by atoms with E-state index < -0.39 is 10.8 Å². The molecular formula is C68H72N2. The van der Waals surface area contributed by atoms with Gasteiger partial charge in [0, 0.05) is 45.0 Å². The fraction of sp³-hybridized carbons (Fsp3) is 0.294. The first-order valence-corrected chi connectivity index (χ1v) is 25.5. The van der Waals surface area contributed by atoms with Crippen molar-refractivity contribution in [1.82, 2.24) is 0 Å². The zero-order chi connectivity index (χ0) is 49.8. The van der Waals surface area contributed by atoms with Crippen molar-refractivity contribution in [1.29, 1.82) is 0 Å². The van der Waals surface area contributed by atoms with Crippen molar-refractivity contribution < 1.29 is 0 Å². The third kappa shape index (κ3) is 7.70. The minimum Gasteiger partial charge on any atom is -0.310 e. The van der Waals surface area contributed by atoms with Gasteiger partial charge in [-0.2, -0.15) is 0 Å². The smallest absolute Gasteiger partial charge is 0.0465 e. The van der Waals surface area contributed by atoms with Crippen molar-refractivity contribution in [2.24, 2.45) is 0 Å². The molecule has 0 saturated heterocycles. The van der Waals surface area contributed by atoms with Gasteiger partial charge in [0.1, 0.15) is 0 Å². The summed E-state index contributed by atoms with van der Waals surface area (Å²) in [7, 11) is 0. The van der Waals surface area contributed by atoms with Gasteiger partial charge in [0.2, 0.25) is 0 Å². The standard InChI is InChI=1S/C68H72N2/c1-63(2,3)45-23-31-49(32-24-45)69(50-33-25-46(26-34-50)64(4,5)6)53-39-41-57-55-19-15-17-21-59(55)67(13,61(57)43-53)68(14)60-22-18-16-20-56(60)58-42-40-54(44-62(58)68)70(51-35-27-47(28-36-51)65(7,8)9)52-37-29-48(30-38-52)66(10,11)12/h15-44H,1-14H3. The molecule has 0 N–H and O–H groups in total. The van der Waals surface area contributed by atoms with E-state index in [4.69, 9.17) is 0 Å². The van der Waals surface area contributed by atoms with Crippen molar-refractivity contribution in [3.8, 4) is 22.3 Å². The van der Waals surface area contributed by atoms with Gasteiger partial charge in [-0.15, -0.1) is 0 Å². The maximum atomic E-state index is 2.54. The summed E-state index contributed by atoms with van der Waals surface area (Å²) in [6, 6.07) is 69.9. The average Bonchev–Trinajstić information content (AvgIpc) is 3.74. The van der Waals surface area contributed by atoms with Crippen molar-refractivity contribution in [3.63, 3.8) is 0 Å². The molecule has 2 aliphatic carbocycles. The van der Waals surface area contributed by atoms with Crippen LogP contribution < -0.4 is 9.80 Å². The molecule has 10 rings (SSSR count). The maximum absolute atomic E-state index is 2.54. The van der Waals surface area contributed by atoms with Gasteiger partial charge in [0.15, 0.2) is 0 Å². The zero-order valence-electron chi connectivity index (χ0n) is 44.2. The minimum atomic E-state index is -0.472. The predicted molar refractivity (Wildman–Crippen MR) is 301 cm³/mol. The van der Waals surface area contributed by atoms with Crippen LogP contribution in [0.25, 0.3) is 22.3 Å². The number of benzene rings is 8. The molecule has 0 saturated carbocycles. The van der Waals surface area contributed by atoms with Crippen LogP contribution in [0, 0.1) is 0 Å². The highest BCUT2D eigenvalue weighted by Crippen LogP contribution is 2.66. The second-order valence-corrected chi connectivity index (χ2v) is 24.7. The Morgan fingerprint density at radius 3 is 0.743 bits per heavy atom. The van der Waals surface area contributed by atoms with Crippen LogP contribution in [0.4, 0.5) is 34.1 Å². The molecule has 8 aromatic rings. The number of rotatable bonds is 7. The fourth-order valence-electron chi connectivity index (χ4n) is 11.7. The molecular weight excluding hydrogens is 845 g/mol. The first kappa shape index (κ1) is 47.1. The Labute approximate surface area is 420 Å². The van der Waals surface area contributed by atoms with Crippen LogP contribution >= 0.6 is 0 Å². The van der Waals surface area contributed by atoms with E-state index in [9.17, 15) is 0 Å². The Balaban J connectivity index is 1.19. The Bertz CT molecular complexity index is 2900. The van der Waals surface area contributed by atoms with Crippen molar-refractivity contribution in [3.05, 3.63) is 226 Å². The van der Waals surface area contributed by atoms with Crippen molar-refractivity contribution >= 4 is 34.1 Å². The molecule has 0 bridgehead atoms. The Morgan fingerprint density at radius 1 is 0.257 bits per heavy atom. The lowest BCUT2D eigenvalue weighted by atomic mass is 9.56. The summed E-state index contributed by atoms with van der Waals surface area (Å²) < 4.78 is 0. The molecule has 0 aliphatic heterocycles. The second kappa shape index (κ2) is 16.5. The highest BCUT2D eigenvalue weighted by atomic mass is 15.1. The highest BCUT2D eigenvalue weighted by Gasteiger charge is 2.57. The quantitative estimate of drug-likeness (QED) is 0.157. The summed E-state index contributed by atoms with van der Waals surface area (Å²) in [5.74, 6) is 0. The summed E-state index contributed by atoms with van der Waals surface area (Å²) >= 11 is 0. The Kier molecular flexibility index (Phi) is 11.1. The zero-order valence-corrected chi connectivity index (χ0v) is 44.2. The molecule has 8 aromatic carbocycles. The second-order valence-electron chi connectivity index (χ2n) is 24.7. The fourth-order valence-corrected chi connectivity index (χ4v) is 11.7. The molecule has 0 amide bonds. The lowest BCUT2D eigenvalue weighted by Crippen LogP contribution is -2.44. The van der Waals surface area contributed by atoms with Crippen LogP contribution in [-0.4, -0.2) is 0 Å².